The first-order valence-electron chi connectivity index (χ1n) is 6.70. The predicted octanol–water partition coefficient (Wildman–Crippen LogP) is 3.25. The summed E-state index contributed by atoms with van der Waals surface area (Å²) in [7, 11) is 0. The molecule has 0 bridgehead atoms. The molecule has 1 aromatic heterocycles. The van der Waals surface area contributed by atoms with Crippen molar-refractivity contribution in [2.24, 2.45) is 5.73 Å². The van der Waals surface area contributed by atoms with Crippen LogP contribution in [0.3, 0.4) is 0 Å². The molecule has 0 saturated heterocycles. The third-order valence-electron chi connectivity index (χ3n) is 3.56. The van der Waals surface area contributed by atoms with Crippen LogP contribution in [0, 0.1) is 0 Å². The summed E-state index contributed by atoms with van der Waals surface area (Å²) in [4.78, 5) is 8.38. The lowest BCUT2D eigenvalue weighted by molar-refractivity contribution is 0.799. The van der Waals surface area contributed by atoms with Crippen molar-refractivity contribution in [3.63, 3.8) is 0 Å². The standard InChI is InChI=1S/C15H19N3S/c1-10(2)14-13(7-16)19-15(17-14)18-8-11-5-3-4-6-12(11)9-18/h3-6,10H,7-9,16H2,1-2H3. The Bertz CT molecular complexity index is 564. The van der Waals surface area contributed by atoms with Crippen LogP contribution in [0.2, 0.25) is 0 Å². The Morgan fingerprint density at radius 2 is 1.89 bits per heavy atom. The zero-order valence-electron chi connectivity index (χ0n) is 11.4. The topological polar surface area (TPSA) is 42.2 Å². The number of hydrogen-bond acceptors (Lipinski definition) is 4. The lowest BCUT2D eigenvalue weighted by Gasteiger charge is -2.13. The fourth-order valence-corrected chi connectivity index (χ4v) is 3.64. The summed E-state index contributed by atoms with van der Waals surface area (Å²) in [6.45, 7) is 6.87. The molecule has 1 aromatic carbocycles. The van der Waals surface area contributed by atoms with Gasteiger partial charge in [-0.15, -0.1) is 11.3 Å². The van der Waals surface area contributed by atoms with Crippen LogP contribution in [0.1, 0.15) is 41.5 Å². The van der Waals surface area contributed by atoms with Crippen LogP contribution in [0.25, 0.3) is 0 Å². The molecular weight excluding hydrogens is 254 g/mol. The van der Waals surface area contributed by atoms with E-state index in [0.717, 1.165) is 18.2 Å². The van der Waals surface area contributed by atoms with Crippen molar-refractivity contribution in [3.05, 3.63) is 46.0 Å². The van der Waals surface area contributed by atoms with Crippen molar-refractivity contribution in [3.8, 4) is 0 Å². The molecule has 1 aliphatic heterocycles. The molecule has 2 aromatic rings. The van der Waals surface area contributed by atoms with Crippen molar-refractivity contribution < 1.29 is 0 Å². The number of thiazole rings is 1. The molecular formula is C15H19N3S. The van der Waals surface area contributed by atoms with E-state index in [4.69, 9.17) is 10.7 Å². The number of fused-ring (bicyclic) bond motifs is 1. The summed E-state index contributed by atoms with van der Waals surface area (Å²) in [5.41, 5.74) is 9.83. The van der Waals surface area contributed by atoms with Gasteiger partial charge in [0.25, 0.3) is 0 Å². The van der Waals surface area contributed by atoms with E-state index < -0.39 is 0 Å². The number of hydrogen-bond donors (Lipinski definition) is 1. The van der Waals surface area contributed by atoms with E-state index in [1.54, 1.807) is 11.3 Å². The summed E-state index contributed by atoms with van der Waals surface area (Å²) in [5.74, 6) is 0.438. The molecule has 0 unspecified atom stereocenters. The molecule has 100 valence electrons. The average Bonchev–Trinajstić information content (AvgIpc) is 3.02. The summed E-state index contributed by atoms with van der Waals surface area (Å²) >= 11 is 1.75. The summed E-state index contributed by atoms with van der Waals surface area (Å²) in [6.07, 6.45) is 0. The number of anilines is 1. The van der Waals surface area contributed by atoms with Crippen LogP contribution >= 0.6 is 11.3 Å². The predicted molar refractivity (Wildman–Crippen MR) is 80.4 cm³/mol. The molecule has 4 heteroatoms. The molecule has 2 heterocycles. The lowest BCUT2D eigenvalue weighted by Crippen LogP contribution is -2.14. The van der Waals surface area contributed by atoms with Crippen molar-refractivity contribution in [2.75, 3.05) is 4.90 Å². The Labute approximate surface area is 118 Å². The minimum Gasteiger partial charge on any atom is -0.339 e. The van der Waals surface area contributed by atoms with Gasteiger partial charge in [0, 0.05) is 24.5 Å². The molecule has 0 atom stereocenters. The lowest BCUT2D eigenvalue weighted by atomic mass is 10.1. The van der Waals surface area contributed by atoms with Crippen LogP contribution in [-0.4, -0.2) is 4.98 Å². The van der Waals surface area contributed by atoms with Crippen LogP contribution in [-0.2, 0) is 19.6 Å². The summed E-state index contributed by atoms with van der Waals surface area (Å²) < 4.78 is 0. The Morgan fingerprint density at radius 3 is 2.37 bits per heavy atom. The monoisotopic (exact) mass is 273 g/mol. The zero-order valence-corrected chi connectivity index (χ0v) is 12.2. The van der Waals surface area contributed by atoms with Crippen molar-refractivity contribution in [1.82, 2.24) is 4.98 Å². The molecule has 1 aliphatic rings. The second-order valence-corrected chi connectivity index (χ2v) is 6.35. The van der Waals surface area contributed by atoms with Gasteiger partial charge in [-0.1, -0.05) is 38.1 Å². The molecule has 3 nitrogen and oxygen atoms in total. The van der Waals surface area contributed by atoms with Crippen LogP contribution in [0.4, 0.5) is 5.13 Å². The number of nitrogens with zero attached hydrogens (tertiary/aromatic N) is 2. The Balaban J connectivity index is 1.89. The number of benzene rings is 1. The summed E-state index contributed by atoms with van der Waals surface area (Å²) in [5, 5.41) is 1.11. The van der Waals surface area contributed by atoms with E-state index in [1.165, 1.54) is 21.7 Å². The fraction of sp³-hybridized carbons (Fsp3) is 0.400. The van der Waals surface area contributed by atoms with Crippen LogP contribution in [0.15, 0.2) is 24.3 Å². The SMILES string of the molecule is CC(C)c1nc(N2Cc3ccccc3C2)sc1CN. The van der Waals surface area contributed by atoms with Gasteiger partial charge in [-0.25, -0.2) is 4.98 Å². The van der Waals surface area contributed by atoms with Crippen LogP contribution < -0.4 is 10.6 Å². The number of rotatable bonds is 3. The molecule has 3 rings (SSSR count). The first-order valence-corrected chi connectivity index (χ1v) is 7.52. The molecule has 0 spiro atoms. The fourth-order valence-electron chi connectivity index (χ4n) is 2.55. The normalized spacial score (nSPS) is 14.2. The van der Waals surface area contributed by atoms with Crippen molar-refractivity contribution >= 4 is 16.5 Å². The largest absolute Gasteiger partial charge is 0.339 e. The zero-order chi connectivity index (χ0) is 13.4. The molecule has 2 N–H and O–H groups in total. The second-order valence-electron chi connectivity index (χ2n) is 5.29. The van der Waals surface area contributed by atoms with Gasteiger partial charge in [0.2, 0.25) is 0 Å². The average molecular weight is 273 g/mol. The van der Waals surface area contributed by atoms with E-state index in [9.17, 15) is 0 Å². The smallest absolute Gasteiger partial charge is 0.186 e. The minimum atomic E-state index is 0.438. The highest BCUT2D eigenvalue weighted by molar-refractivity contribution is 7.15. The first-order chi connectivity index (χ1) is 9.19. The van der Waals surface area contributed by atoms with Gasteiger partial charge >= 0.3 is 0 Å². The maximum Gasteiger partial charge on any atom is 0.186 e. The molecule has 0 aliphatic carbocycles. The highest BCUT2D eigenvalue weighted by Crippen LogP contribution is 2.34. The summed E-state index contributed by atoms with van der Waals surface area (Å²) in [6, 6.07) is 8.62. The number of nitrogens with two attached hydrogens (primary N) is 1. The molecule has 0 fully saturated rings. The molecule has 19 heavy (non-hydrogen) atoms. The van der Waals surface area contributed by atoms with Gasteiger partial charge in [0.1, 0.15) is 0 Å². The Morgan fingerprint density at radius 1 is 1.26 bits per heavy atom. The highest BCUT2D eigenvalue weighted by Gasteiger charge is 2.23. The van der Waals surface area contributed by atoms with E-state index in [-0.39, 0.29) is 0 Å². The quantitative estimate of drug-likeness (QED) is 0.933. The highest BCUT2D eigenvalue weighted by atomic mass is 32.1. The van der Waals surface area contributed by atoms with Gasteiger partial charge in [-0.3, -0.25) is 0 Å². The maximum atomic E-state index is 5.84. The van der Waals surface area contributed by atoms with E-state index in [2.05, 4.69) is 43.0 Å². The molecule has 0 saturated carbocycles. The molecule has 0 amide bonds. The third-order valence-corrected chi connectivity index (χ3v) is 4.71. The van der Waals surface area contributed by atoms with Crippen LogP contribution in [0.5, 0.6) is 0 Å². The second kappa shape index (κ2) is 4.94. The Kier molecular flexibility index (Phi) is 3.29. The van der Waals surface area contributed by atoms with Crippen molar-refractivity contribution in [2.45, 2.75) is 39.4 Å². The minimum absolute atomic E-state index is 0.438. The van der Waals surface area contributed by atoms with Gasteiger partial charge in [0.05, 0.1) is 5.69 Å². The third kappa shape index (κ3) is 2.26. The number of aromatic nitrogens is 1. The van der Waals surface area contributed by atoms with E-state index in [1.807, 2.05) is 0 Å². The molecule has 0 radical (unpaired) electrons. The van der Waals surface area contributed by atoms with Crippen molar-refractivity contribution in [1.29, 1.82) is 0 Å². The van der Waals surface area contributed by atoms with Gasteiger partial charge in [-0.2, -0.15) is 0 Å². The Hall–Kier alpha value is -1.39. The first kappa shape index (κ1) is 12.6. The van der Waals surface area contributed by atoms with Gasteiger partial charge in [0.15, 0.2) is 5.13 Å². The van der Waals surface area contributed by atoms with Gasteiger partial charge < -0.3 is 10.6 Å². The van der Waals surface area contributed by atoms with E-state index >= 15 is 0 Å². The van der Waals surface area contributed by atoms with Gasteiger partial charge in [-0.05, 0) is 17.0 Å². The maximum absolute atomic E-state index is 5.84. The van der Waals surface area contributed by atoms with E-state index in [0.29, 0.717) is 12.5 Å².